The molecule has 0 fully saturated rings. The monoisotopic (exact) mass is 341 g/mol. The van der Waals surface area contributed by atoms with Crippen LogP contribution in [0.2, 0.25) is 0 Å². The minimum absolute atomic E-state index is 0.204. The maximum atomic E-state index is 12.2. The summed E-state index contributed by atoms with van der Waals surface area (Å²) in [5, 5.41) is 3.03. The highest BCUT2D eigenvalue weighted by atomic mass is 32.1. The molecule has 0 saturated carbocycles. The van der Waals surface area contributed by atoms with Crippen molar-refractivity contribution >= 4 is 34.2 Å². The molecule has 1 amide bonds. The van der Waals surface area contributed by atoms with Gasteiger partial charge in [0.2, 0.25) is 5.91 Å². The van der Waals surface area contributed by atoms with Gasteiger partial charge in [0, 0.05) is 5.41 Å². The summed E-state index contributed by atoms with van der Waals surface area (Å²) in [6, 6.07) is 0. The smallest absolute Gasteiger partial charge is 0.348 e. The first-order valence-electron chi connectivity index (χ1n) is 7.42. The Hall–Kier alpha value is -1.89. The molecule has 1 aromatic rings. The summed E-state index contributed by atoms with van der Waals surface area (Å²) in [4.78, 5) is 36.7. The minimum Gasteiger partial charge on any atom is -0.462 e. The molecular weight excluding hydrogens is 318 g/mol. The first-order chi connectivity index (χ1) is 10.6. The fourth-order valence-electron chi connectivity index (χ4n) is 1.73. The molecular formula is C16H23NO5S. The van der Waals surface area contributed by atoms with E-state index in [-0.39, 0.29) is 24.7 Å². The number of amides is 1. The van der Waals surface area contributed by atoms with Crippen LogP contribution in [0.4, 0.5) is 5.00 Å². The lowest BCUT2D eigenvalue weighted by atomic mass is 9.96. The normalized spacial score (nSPS) is 11.0. The molecule has 1 aromatic heterocycles. The van der Waals surface area contributed by atoms with E-state index in [1.54, 1.807) is 41.5 Å². The Morgan fingerprint density at radius 1 is 1.04 bits per heavy atom. The van der Waals surface area contributed by atoms with Crippen LogP contribution in [0.25, 0.3) is 0 Å². The molecule has 6 nitrogen and oxygen atoms in total. The largest absolute Gasteiger partial charge is 0.462 e. The van der Waals surface area contributed by atoms with Crippen LogP contribution in [-0.2, 0) is 14.3 Å². The number of esters is 2. The van der Waals surface area contributed by atoms with Gasteiger partial charge in [0.1, 0.15) is 9.88 Å². The summed E-state index contributed by atoms with van der Waals surface area (Å²) in [7, 11) is 0. The number of anilines is 1. The summed E-state index contributed by atoms with van der Waals surface area (Å²) >= 11 is 1.03. The Bertz CT molecular complexity index is 613. The van der Waals surface area contributed by atoms with Gasteiger partial charge in [-0.1, -0.05) is 20.8 Å². The Morgan fingerprint density at radius 2 is 1.57 bits per heavy atom. The Kier molecular flexibility index (Phi) is 6.32. The van der Waals surface area contributed by atoms with E-state index in [1.807, 2.05) is 0 Å². The Morgan fingerprint density at radius 3 is 2.04 bits per heavy atom. The highest BCUT2D eigenvalue weighted by Gasteiger charge is 2.29. The third-order valence-corrected chi connectivity index (χ3v) is 4.18. The van der Waals surface area contributed by atoms with Crippen molar-refractivity contribution in [2.45, 2.75) is 41.5 Å². The molecule has 128 valence electrons. The van der Waals surface area contributed by atoms with Gasteiger partial charge in [0.25, 0.3) is 0 Å². The second-order valence-corrected chi connectivity index (χ2v) is 6.93. The molecule has 0 unspecified atom stereocenters. The molecule has 0 aliphatic rings. The van der Waals surface area contributed by atoms with Gasteiger partial charge < -0.3 is 14.8 Å². The van der Waals surface area contributed by atoms with Gasteiger partial charge in [0.15, 0.2) is 0 Å². The van der Waals surface area contributed by atoms with Crippen molar-refractivity contribution in [1.82, 2.24) is 0 Å². The van der Waals surface area contributed by atoms with E-state index in [0.29, 0.717) is 15.4 Å². The van der Waals surface area contributed by atoms with E-state index in [2.05, 4.69) is 5.32 Å². The number of hydrogen-bond acceptors (Lipinski definition) is 6. The zero-order valence-corrected chi connectivity index (χ0v) is 15.2. The van der Waals surface area contributed by atoms with Gasteiger partial charge in [0.05, 0.1) is 18.8 Å². The van der Waals surface area contributed by atoms with Gasteiger partial charge in [-0.3, -0.25) is 4.79 Å². The van der Waals surface area contributed by atoms with Crippen molar-refractivity contribution in [2.75, 3.05) is 18.5 Å². The van der Waals surface area contributed by atoms with E-state index in [4.69, 9.17) is 9.47 Å². The number of thiophene rings is 1. The van der Waals surface area contributed by atoms with Crippen LogP contribution in [0.1, 0.15) is 60.2 Å². The summed E-state index contributed by atoms with van der Waals surface area (Å²) in [6.45, 7) is 10.8. The average Bonchev–Trinajstić information content (AvgIpc) is 2.75. The van der Waals surface area contributed by atoms with Crippen molar-refractivity contribution < 1.29 is 23.9 Å². The van der Waals surface area contributed by atoms with E-state index < -0.39 is 17.4 Å². The number of carbonyl (C=O) groups is 3. The first-order valence-corrected chi connectivity index (χ1v) is 8.24. The molecule has 23 heavy (non-hydrogen) atoms. The predicted molar refractivity (Wildman–Crippen MR) is 89.1 cm³/mol. The van der Waals surface area contributed by atoms with Crippen LogP contribution in [-0.4, -0.2) is 31.1 Å². The standard InChI is InChI=1S/C16H23NO5S/c1-7-21-13(18)10-9(3)11(14(19)22-8-2)23-12(10)17-15(20)16(4,5)6/h7-8H2,1-6H3,(H,17,20). The van der Waals surface area contributed by atoms with E-state index in [9.17, 15) is 14.4 Å². The predicted octanol–water partition coefficient (Wildman–Crippen LogP) is 3.39. The van der Waals surface area contributed by atoms with Gasteiger partial charge in [-0.2, -0.15) is 0 Å². The Labute approximate surface area is 140 Å². The van der Waals surface area contributed by atoms with E-state index >= 15 is 0 Å². The third kappa shape index (κ3) is 4.54. The summed E-state index contributed by atoms with van der Waals surface area (Å²) in [5.74, 6) is -1.34. The van der Waals surface area contributed by atoms with Crippen LogP contribution >= 0.6 is 11.3 Å². The topological polar surface area (TPSA) is 81.7 Å². The van der Waals surface area contributed by atoms with Crippen molar-refractivity contribution in [3.8, 4) is 0 Å². The highest BCUT2D eigenvalue weighted by molar-refractivity contribution is 7.18. The maximum Gasteiger partial charge on any atom is 0.348 e. The molecule has 0 bridgehead atoms. The van der Waals surface area contributed by atoms with Gasteiger partial charge >= 0.3 is 11.9 Å². The van der Waals surface area contributed by atoms with Crippen molar-refractivity contribution in [3.63, 3.8) is 0 Å². The molecule has 1 N–H and O–H groups in total. The minimum atomic E-state index is -0.631. The number of rotatable bonds is 5. The summed E-state index contributed by atoms with van der Waals surface area (Å²) in [5.41, 5.74) is 0.0297. The lowest BCUT2D eigenvalue weighted by molar-refractivity contribution is -0.123. The molecule has 1 heterocycles. The Balaban J connectivity index is 3.31. The van der Waals surface area contributed by atoms with Crippen LogP contribution in [0, 0.1) is 12.3 Å². The van der Waals surface area contributed by atoms with Gasteiger partial charge in [-0.25, -0.2) is 9.59 Å². The molecule has 0 atom stereocenters. The van der Waals surface area contributed by atoms with Gasteiger partial charge in [-0.15, -0.1) is 11.3 Å². The van der Waals surface area contributed by atoms with Crippen LogP contribution in [0.5, 0.6) is 0 Å². The average molecular weight is 341 g/mol. The molecule has 0 aliphatic heterocycles. The van der Waals surface area contributed by atoms with Crippen LogP contribution in [0.3, 0.4) is 0 Å². The van der Waals surface area contributed by atoms with Crippen LogP contribution < -0.4 is 5.32 Å². The number of hydrogen-bond donors (Lipinski definition) is 1. The number of ether oxygens (including phenoxy) is 2. The summed E-state index contributed by atoms with van der Waals surface area (Å²) < 4.78 is 10.0. The molecule has 1 rings (SSSR count). The molecule has 0 aliphatic carbocycles. The third-order valence-electron chi connectivity index (χ3n) is 3.00. The van der Waals surface area contributed by atoms with Crippen molar-refractivity contribution in [2.24, 2.45) is 5.41 Å². The maximum absolute atomic E-state index is 12.2. The number of carbonyl (C=O) groups excluding carboxylic acids is 3. The fraction of sp³-hybridized carbons (Fsp3) is 0.562. The molecule has 7 heteroatoms. The second kappa shape index (κ2) is 7.59. The molecule has 0 spiro atoms. The first kappa shape index (κ1) is 19.2. The molecule has 0 aromatic carbocycles. The lowest BCUT2D eigenvalue weighted by Gasteiger charge is -2.17. The zero-order valence-electron chi connectivity index (χ0n) is 14.4. The van der Waals surface area contributed by atoms with Crippen LogP contribution in [0.15, 0.2) is 0 Å². The van der Waals surface area contributed by atoms with Gasteiger partial charge in [-0.05, 0) is 26.3 Å². The molecule has 0 radical (unpaired) electrons. The fourth-order valence-corrected chi connectivity index (χ4v) is 2.82. The molecule has 0 saturated heterocycles. The summed E-state index contributed by atoms with van der Waals surface area (Å²) in [6.07, 6.45) is 0. The lowest BCUT2D eigenvalue weighted by Crippen LogP contribution is -2.28. The van der Waals surface area contributed by atoms with E-state index in [0.717, 1.165) is 11.3 Å². The second-order valence-electron chi connectivity index (χ2n) is 5.91. The number of nitrogens with one attached hydrogen (secondary N) is 1. The van der Waals surface area contributed by atoms with Crippen molar-refractivity contribution in [3.05, 3.63) is 16.0 Å². The SMILES string of the molecule is CCOC(=O)c1sc(NC(=O)C(C)(C)C)c(C(=O)OCC)c1C. The highest BCUT2D eigenvalue weighted by Crippen LogP contribution is 2.35. The quantitative estimate of drug-likeness (QED) is 0.830. The zero-order chi connectivity index (χ0) is 17.8. The van der Waals surface area contributed by atoms with E-state index in [1.165, 1.54) is 0 Å². The van der Waals surface area contributed by atoms with Crippen molar-refractivity contribution in [1.29, 1.82) is 0 Å².